The SMILES string of the molecule is CC(C)CNC(=O)CN1C[C@@H](CN)[C@H](c2ccccc2)C1. The summed E-state index contributed by atoms with van der Waals surface area (Å²) in [7, 11) is 0. The van der Waals surface area contributed by atoms with Gasteiger partial charge in [0, 0.05) is 25.6 Å². The number of nitrogens with zero attached hydrogens (tertiary/aromatic N) is 1. The van der Waals surface area contributed by atoms with Crippen LogP contribution in [0.15, 0.2) is 30.3 Å². The fourth-order valence-electron chi connectivity index (χ4n) is 2.98. The van der Waals surface area contributed by atoms with E-state index in [1.807, 2.05) is 6.07 Å². The molecule has 1 aromatic rings. The van der Waals surface area contributed by atoms with Crippen molar-refractivity contribution in [3.8, 4) is 0 Å². The van der Waals surface area contributed by atoms with Crippen LogP contribution in [-0.4, -0.2) is 43.5 Å². The van der Waals surface area contributed by atoms with E-state index in [1.54, 1.807) is 0 Å². The summed E-state index contributed by atoms with van der Waals surface area (Å²) in [5.41, 5.74) is 7.26. The zero-order chi connectivity index (χ0) is 15.2. The number of carbonyl (C=O) groups excluding carboxylic acids is 1. The molecule has 2 rings (SSSR count). The van der Waals surface area contributed by atoms with Gasteiger partial charge in [0.05, 0.1) is 6.54 Å². The topological polar surface area (TPSA) is 58.4 Å². The highest BCUT2D eigenvalue weighted by Gasteiger charge is 2.33. The van der Waals surface area contributed by atoms with Crippen molar-refractivity contribution in [1.82, 2.24) is 10.2 Å². The third-order valence-corrected chi connectivity index (χ3v) is 4.12. The van der Waals surface area contributed by atoms with E-state index in [4.69, 9.17) is 5.73 Å². The molecule has 0 aliphatic carbocycles. The average molecular weight is 289 g/mol. The molecule has 2 atom stereocenters. The van der Waals surface area contributed by atoms with Crippen LogP contribution in [0.25, 0.3) is 0 Å². The van der Waals surface area contributed by atoms with Crippen LogP contribution < -0.4 is 11.1 Å². The van der Waals surface area contributed by atoms with Crippen LogP contribution in [0.1, 0.15) is 25.3 Å². The monoisotopic (exact) mass is 289 g/mol. The summed E-state index contributed by atoms with van der Waals surface area (Å²) in [5.74, 6) is 1.48. The average Bonchev–Trinajstić information content (AvgIpc) is 2.89. The van der Waals surface area contributed by atoms with Crippen LogP contribution in [0.4, 0.5) is 0 Å². The van der Waals surface area contributed by atoms with Gasteiger partial charge in [0.15, 0.2) is 0 Å². The number of amides is 1. The summed E-state index contributed by atoms with van der Waals surface area (Å²) in [6.45, 7) is 7.93. The Morgan fingerprint density at radius 2 is 2.05 bits per heavy atom. The van der Waals surface area contributed by atoms with Crippen molar-refractivity contribution >= 4 is 5.91 Å². The van der Waals surface area contributed by atoms with E-state index in [0.29, 0.717) is 30.8 Å². The second-order valence-electron chi connectivity index (χ2n) is 6.40. The third kappa shape index (κ3) is 4.55. The Labute approximate surface area is 127 Å². The molecule has 1 aliphatic heterocycles. The molecule has 3 N–H and O–H groups in total. The first kappa shape index (κ1) is 16.0. The fraction of sp³-hybridized carbons (Fsp3) is 0.588. The Balaban J connectivity index is 1.91. The summed E-state index contributed by atoms with van der Waals surface area (Å²) in [6.07, 6.45) is 0. The van der Waals surface area contributed by atoms with Gasteiger partial charge in [0.1, 0.15) is 0 Å². The van der Waals surface area contributed by atoms with E-state index < -0.39 is 0 Å². The number of nitrogens with one attached hydrogen (secondary N) is 1. The molecule has 1 heterocycles. The number of likely N-dealkylation sites (tertiary alicyclic amines) is 1. The lowest BCUT2D eigenvalue weighted by Gasteiger charge is -2.17. The van der Waals surface area contributed by atoms with Crippen molar-refractivity contribution in [2.45, 2.75) is 19.8 Å². The number of carbonyl (C=O) groups is 1. The van der Waals surface area contributed by atoms with Crippen LogP contribution in [0.2, 0.25) is 0 Å². The Hall–Kier alpha value is -1.39. The molecular weight excluding hydrogens is 262 g/mol. The standard InChI is InChI=1S/C17H27N3O/c1-13(2)9-19-17(21)12-20-10-15(8-18)16(11-20)14-6-4-3-5-7-14/h3-7,13,15-16H,8-12,18H2,1-2H3,(H,19,21)/t15-,16+/m1/s1. The summed E-state index contributed by atoms with van der Waals surface area (Å²) >= 11 is 0. The van der Waals surface area contributed by atoms with E-state index in [2.05, 4.69) is 48.3 Å². The molecule has 21 heavy (non-hydrogen) atoms. The molecule has 1 saturated heterocycles. The van der Waals surface area contributed by atoms with Crippen LogP contribution in [0, 0.1) is 11.8 Å². The zero-order valence-electron chi connectivity index (χ0n) is 13.1. The van der Waals surface area contributed by atoms with Crippen molar-refractivity contribution in [2.24, 2.45) is 17.6 Å². The number of nitrogens with two attached hydrogens (primary N) is 1. The van der Waals surface area contributed by atoms with E-state index in [1.165, 1.54) is 5.56 Å². The molecule has 0 aromatic heterocycles. The number of hydrogen-bond acceptors (Lipinski definition) is 3. The minimum Gasteiger partial charge on any atom is -0.355 e. The van der Waals surface area contributed by atoms with E-state index >= 15 is 0 Å². The smallest absolute Gasteiger partial charge is 0.234 e. The molecule has 4 nitrogen and oxygen atoms in total. The van der Waals surface area contributed by atoms with Gasteiger partial charge in [-0.25, -0.2) is 0 Å². The lowest BCUT2D eigenvalue weighted by Crippen LogP contribution is -2.37. The molecule has 0 spiro atoms. The Morgan fingerprint density at radius 1 is 1.33 bits per heavy atom. The first-order chi connectivity index (χ1) is 10.1. The number of hydrogen-bond donors (Lipinski definition) is 2. The summed E-state index contributed by atoms with van der Waals surface area (Å²) in [6, 6.07) is 10.5. The quantitative estimate of drug-likeness (QED) is 0.833. The van der Waals surface area contributed by atoms with Gasteiger partial charge >= 0.3 is 0 Å². The molecule has 116 valence electrons. The minimum absolute atomic E-state index is 0.119. The Kier molecular flexibility index (Phi) is 5.76. The highest BCUT2D eigenvalue weighted by atomic mass is 16.2. The normalized spacial score (nSPS) is 22.7. The molecule has 0 radical (unpaired) electrons. The van der Waals surface area contributed by atoms with E-state index in [-0.39, 0.29) is 5.91 Å². The van der Waals surface area contributed by atoms with Crippen molar-refractivity contribution in [2.75, 3.05) is 32.7 Å². The summed E-state index contributed by atoms with van der Waals surface area (Å²) < 4.78 is 0. The summed E-state index contributed by atoms with van der Waals surface area (Å²) in [4.78, 5) is 14.2. The molecular formula is C17H27N3O. The molecule has 1 aliphatic rings. The minimum atomic E-state index is 0.119. The van der Waals surface area contributed by atoms with Crippen LogP contribution in [-0.2, 0) is 4.79 Å². The maximum atomic E-state index is 12.0. The predicted octanol–water partition coefficient (Wildman–Crippen LogP) is 1.43. The third-order valence-electron chi connectivity index (χ3n) is 4.12. The maximum Gasteiger partial charge on any atom is 0.234 e. The molecule has 0 bridgehead atoms. The predicted molar refractivity (Wildman–Crippen MR) is 86.0 cm³/mol. The number of benzene rings is 1. The Morgan fingerprint density at radius 3 is 2.67 bits per heavy atom. The Bertz CT molecular complexity index is 447. The molecule has 1 amide bonds. The number of rotatable bonds is 6. The van der Waals surface area contributed by atoms with E-state index in [0.717, 1.165) is 19.6 Å². The van der Waals surface area contributed by atoms with Gasteiger partial charge in [-0.05, 0) is 23.9 Å². The van der Waals surface area contributed by atoms with Gasteiger partial charge in [-0.1, -0.05) is 44.2 Å². The molecule has 0 unspecified atom stereocenters. The summed E-state index contributed by atoms with van der Waals surface area (Å²) in [5, 5.41) is 2.98. The second-order valence-corrected chi connectivity index (χ2v) is 6.40. The second kappa shape index (κ2) is 7.57. The van der Waals surface area contributed by atoms with Crippen molar-refractivity contribution in [3.63, 3.8) is 0 Å². The fourth-order valence-corrected chi connectivity index (χ4v) is 2.98. The molecule has 1 aromatic carbocycles. The molecule has 4 heteroatoms. The molecule has 0 saturated carbocycles. The first-order valence-electron chi connectivity index (χ1n) is 7.84. The van der Waals surface area contributed by atoms with Crippen molar-refractivity contribution in [1.29, 1.82) is 0 Å². The zero-order valence-corrected chi connectivity index (χ0v) is 13.1. The maximum absolute atomic E-state index is 12.0. The van der Waals surface area contributed by atoms with Gasteiger partial charge in [-0.2, -0.15) is 0 Å². The largest absolute Gasteiger partial charge is 0.355 e. The van der Waals surface area contributed by atoms with Crippen LogP contribution >= 0.6 is 0 Å². The van der Waals surface area contributed by atoms with Gasteiger partial charge in [0.25, 0.3) is 0 Å². The van der Waals surface area contributed by atoms with Gasteiger partial charge in [-0.15, -0.1) is 0 Å². The molecule has 1 fully saturated rings. The van der Waals surface area contributed by atoms with Gasteiger partial charge in [-0.3, -0.25) is 9.69 Å². The van der Waals surface area contributed by atoms with Crippen molar-refractivity contribution < 1.29 is 4.79 Å². The highest BCUT2D eigenvalue weighted by Crippen LogP contribution is 2.31. The van der Waals surface area contributed by atoms with Gasteiger partial charge in [0.2, 0.25) is 5.91 Å². The van der Waals surface area contributed by atoms with Gasteiger partial charge < -0.3 is 11.1 Å². The van der Waals surface area contributed by atoms with Crippen molar-refractivity contribution in [3.05, 3.63) is 35.9 Å². The first-order valence-corrected chi connectivity index (χ1v) is 7.84. The van der Waals surface area contributed by atoms with Crippen LogP contribution in [0.3, 0.4) is 0 Å². The van der Waals surface area contributed by atoms with Crippen LogP contribution in [0.5, 0.6) is 0 Å². The highest BCUT2D eigenvalue weighted by molar-refractivity contribution is 5.78. The lowest BCUT2D eigenvalue weighted by atomic mass is 9.89. The lowest BCUT2D eigenvalue weighted by molar-refractivity contribution is -0.122. The van der Waals surface area contributed by atoms with E-state index in [9.17, 15) is 4.79 Å².